The number of amides is 5. The molecule has 0 saturated carbocycles. The van der Waals surface area contributed by atoms with Gasteiger partial charge in [0.25, 0.3) is 0 Å². The topological polar surface area (TPSA) is 226 Å². The van der Waals surface area contributed by atoms with Crippen molar-refractivity contribution in [2.75, 3.05) is 26.2 Å². The first-order valence-corrected chi connectivity index (χ1v) is 36.8. The van der Waals surface area contributed by atoms with E-state index in [0.717, 1.165) is 148 Å². The molecule has 6 N–H and O–H groups in total. The lowest BCUT2D eigenvalue weighted by molar-refractivity contribution is -0.132. The van der Waals surface area contributed by atoms with Crippen LogP contribution in [0, 0.1) is 53.3 Å². The average molecular weight is 1300 g/mol. The van der Waals surface area contributed by atoms with Crippen LogP contribution in [0.2, 0.25) is 0 Å². The van der Waals surface area contributed by atoms with Crippen molar-refractivity contribution in [3.05, 3.63) is 0 Å². The lowest BCUT2D eigenvalue weighted by Crippen LogP contribution is -2.42. The van der Waals surface area contributed by atoms with E-state index in [2.05, 4.69) is 115 Å². The fraction of sp³-hybridized carbons (Fsp3) is 0.883. The van der Waals surface area contributed by atoms with Gasteiger partial charge in [-0.3, -0.25) is 43.2 Å². The Balaban J connectivity index is -0.000000831. The zero-order valence-corrected chi connectivity index (χ0v) is 61.0. The van der Waals surface area contributed by atoms with Gasteiger partial charge in [0.1, 0.15) is 11.6 Å². The summed E-state index contributed by atoms with van der Waals surface area (Å²) in [7, 11) is 0. The molecule has 0 bridgehead atoms. The highest BCUT2D eigenvalue weighted by Gasteiger charge is 2.30. The van der Waals surface area contributed by atoms with Crippen LogP contribution in [0.5, 0.6) is 0 Å². The van der Waals surface area contributed by atoms with Crippen molar-refractivity contribution in [1.82, 2.24) is 31.9 Å². The Morgan fingerprint density at radius 2 is 0.511 bits per heavy atom. The van der Waals surface area contributed by atoms with Crippen molar-refractivity contribution in [2.24, 2.45) is 53.3 Å². The van der Waals surface area contributed by atoms with E-state index in [9.17, 15) is 43.2 Å². The Morgan fingerprint density at radius 1 is 0.272 bits per heavy atom. The molecule has 0 aromatic carbocycles. The summed E-state index contributed by atoms with van der Waals surface area (Å²) >= 11 is 0. The largest absolute Gasteiger partial charge is 0.356 e. The monoisotopic (exact) mass is 1300 g/mol. The molecule has 15 heteroatoms. The molecule has 0 heterocycles. The number of hydrogen-bond donors (Lipinski definition) is 6. The molecule has 0 aliphatic rings. The first-order valence-electron chi connectivity index (χ1n) is 36.8. The third-order valence-corrected chi connectivity index (χ3v) is 16.8. The quantitative estimate of drug-likeness (QED) is 0.0316. The number of unbranched alkanes of at least 4 members (excludes halogenated alkanes) is 9. The Labute approximate surface area is 566 Å². The number of hydrogen-bond acceptors (Lipinski definition) is 10. The predicted octanol–water partition coefficient (Wildman–Crippen LogP) is 16.9. The molecular formula is C77H150N6O9. The second-order valence-electron chi connectivity index (χ2n) is 29.4. The molecule has 0 aromatic rings. The molecule has 0 fully saturated rings. The van der Waals surface area contributed by atoms with E-state index in [4.69, 9.17) is 0 Å². The Bertz CT molecular complexity index is 1920. The van der Waals surface area contributed by atoms with E-state index in [1.807, 2.05) is 27.7 Å². The minimum atomic E-state index is -0.633. The molecule has 0 aliphatic heterocycles. The van der Waals surface area contributed by atoms with Gasteiger partial charge in [-0.25, -0.2) is 0 Å². The summed E-state index contributed by atoms with van der Waals surface area (Å²) in [5.41, 5.74) is 0. The van der Waals surface area contributed by atoms with Crippen LogP contribution in [0.3, 0.4) is 0 Å². The van der Waals surface area contributed by atoms with E-state index < -0.39 is 18.0 Å². The van der Waals surface area contributed by atoms with Crippen LogP contribution >= 0.6 is 0 Å². The normalized spacial score (nSPS) is 12.7. The highest BCUT2D eigenvalue weighted by molar-refractivity contribution is 5.94. The minimum Gasteiger partial charge on any atom is -0.356 e. The highest BCUT2D eigenvalue weighted by atomic mass is 16.2. The summed E-state index contributed by atoms with van der Waals surface area (Å²) in [6.07, 6.45) is 26.3. The zero-order valence-electron chi connectivity index (χ0n) is 61.0. The highest BCUT2D eigenvalue weighted by Crippen LogP contribution is 2.23. The maximum absolute atomic E-state index is 13.7. The van der Waals surface area contributed by atoms with Gasteiger partial charge < -0.3 is 31.9 Å². The molecule has 92 heavy (non-hydrogen) atoms. The maximum atomic E-state index is 13.7. The van der Waals surface area contributed by atoms with Crippen LogP contribution in [-0.2, 0) is 43.2 Å². The van der Waals surface area contributed by atoms with Gasteiger partial charge in [0, 0.05) is 94.3 Å². The van der Waals surface area contributed by atoms with E-state index in [1.54, 1.807) is 0 Å². The standard InChI is InChI=1S/C40H75N3O5.C35H67N3O4.2CH4/c1-30(2)19-9-12-24-37(45)41-27-17-15-22-34(40(48)33(7)8)29-36(44)35(43-39(47)26-14-11-21-32(5)6)23-16-18-28-42-38(46)25-13-10-20-31(3)4;1-26(2)17-9-11-21-33(40)37-24-16-14-20-31(38-34(41)22-12-10-18-27(3)4)32(39)25-30(35(42)28(5)6)19-13-15-23-36-29(7)8;;/h30-35H,9-29H2,1-8H3,(H,41,45)(H,42,46)(H,43,47);26-31,36H,9-25H2,1-8H3,(H,37,40)(H,38,41);2*1H4. The fourth-order valence-corrected chi connectivity index (χ4v) is 11.1. The number of Topliss-reactive ketones (excluding diaryl/α,β-unsaturated/α-hetero) is 4. The molecule has 5 amide bonds. The van der Waals surface area contributed by atoms with E-state index >= 15 is 0 Å². The summed E-state index contributed by atoms with van der Waals surface area (Å²) in [5.74, 6) is 2.26. The fourth-order valence-electron chi connectivity index (χ4n) is 11.1. The molecule has 0 spiro atoms. The number of rotatable bonds is 58. The zero-order chi connectivity index (χ0) is 68.2. The summed E-state index contributed by atoms with van der Waals surface area (Å²) < 4.78 is 0. The summed E-state index contributed by atoms with van der Waals surface area (Å²) in [5, 5.41) is 18.4. The van der Waals surface area contributed by atoms with Crippen molar-refractivity contribution in [3.63, 3.8) is 0 Å². The lowest BCUT2D eigenvalue weighted by Gasteiger charge is -2.22. The third kappa shape index (κ3) is 58.6. The molecular weight excluding hydrogens is 1150 g/mol. The lowest BCUT2D eigenvalue weighted by atomic mass is 9.85. The molecule has 4 unspecified atom stereocenters. The van der Waals surface area contributed by atoms with E-state index in [0.29, 0.717) is 119 Å². The van der Waals surface area contributed by atoms with Crippen LogP contribution < -0.4 is 31.9 Å². The van der Waals surface area contributed by atoms with Gasteiger partial charge in [-0.15, -0.1) is 0 Å². The van der Waals surface area contributed by atoms with Crippen molar-refractivity contribution in [1.29, 1.82) is 0 Å². The smallest absolute Gasteiger partial charge is 0.220 e. The van der Waals surface area contributed by atoms with Crippen molar-refractivity contribution >= 4 is 52.7 Å². The molecule has 4 atom stereocenters. The van der Waals surface area contributed by atoms with Crippen molar-refractivity contribution in [2.45, 2.75) is 362 Å². The van der Waals surface area contributed by atoms with Gasteiger partial charge in [0.05, 0.1) is 12.1 Å². The minimum absolute atomic E-state index is 0. The second-order valence-corrected chi connectivity index (χ2v) is 29.4. The van der Waals surface area contributed by atoms with Crippen LogP contribution in [-0.4, -0.2) is 97.0 Å². The average Bonchev–Trinajstić information content (AvgIpc) is 1.76. The summed E-state index contributed by atoms with van der Waals surface area (Å²) in [4.78, 5) is 116. The van der Waals surface area contributed by atoms with Gasteiger partial charge in [-0.2, -0.15) is 0 Å². The first kappa shape index (κ1) is 94.4. The van der Waals surface area contributed by atoms with Crippen molar-refractivity contribution < 1.29 is 43.2 Å². The number of nitrogens with one attached hydrogen (secondary N) is 6. The van der Waals surface area contributed by atoms with Gasteiger partial charge in [-0.05, 0) is 132 Å². The van der Waals surface area contributed by atoms with E-state index in [1.165, 1.54) is 0 Å². The van der Waals surface area contributed by atoms with E-state index in [-0.39, 0.29) is 98.1 Å². The van der Waals surface area contributed by atoms with Gasteiger partial charge in [0.15, 0.2) is 11.6 Å². The van der Waals surface area contributed by atoms with Crippen LogP contribution in [0.15, 0.2) is 0 Å². The third-order valence-electron chi connectivity index (χ3n) is 16.8. The Kier molecular flexibility index (Phi) is 62.2. The molecule has 542 valence electrons. The molecule has 0 radical (unpaired) electrons. The number of ketones is 4. The maximum Gasteiger partial charge on any atom is 0.220 e. The SMILES string of the molecule is C.C.CC(C)CCCCC(=O)NCCCCC(CC(=O)C(CCCCNC(=O)CCCCC(C)C)NC(=O)CCCCC(C)C)C(=O)C(C)C.CC(C)CCCCC(=O)NCCCCC(NC(=O)CCCCC(C)C)C(=O)CC(CCCCNC(C)C)C(=O)C(C)C. The Hall–Kier alpha value is -4.01. The van der Waals surface area contributed by atoms with Gasteiger partial charge in [0.2, 0.25) is 29.5 Å². The Morgan fingerprint density at radius 3 is 0.761 bits per heavy atom. The molecule has 0 aromatic heterocycles. The van der Waals surface area contributed by atoms with Crippen LogP contribution in [0.4, 0.5) is 0 Å². The number of carbonyl (C=O) groups excluding carboxylic acids is 9. The summed E-state index contributed by atoms with van der Waals surface area (Å²) in [6, 6.07) is -0.788. The van der Waals surface area contributed by atoms with Gasteiger partial charge >= 0.3 is 0 Å². The second kappa shape index (κ2) is 60.6. The number of carbonyl (C=O) groups is 9. The van der Waals surface area contributed by atoms with Crippen LogP contribution in [0.1, 0.15) is 344 Å². The van der Waals surface area contributed by atoms with Crippen LogP contribution in [0.25, 0.3) is 0 Å². The summed E-state index contributed by atoms with van der Waals surface area (Å²) in [6.45, 7) is 36.2. The molecule has 15 nitrogen and oxygen atoms in total. The van der Waals surface area contributed by atoms with Crippen molar-refractivity contribution in [3.8, 4) is 0 Å². The molecule has 0 rings (SSSR count). The van der Waals surface area contributed by atoms with Gasteiger partial charge in [-0.1, -0.05) is 203 Å². The molecule has 0 aliphatic carbocycles. The predicted molar refractivity (Wildman–Crippen MR) is 387 cm³/mol. The molecule has 0 saturated heterocycles. The first-order chi connectivity index (χ1) is 42.5.